The molecule has 0 unspecified atom stereocenters. The van der Waals surface area contributed by atoms with Crippen LogP contribution in [0.1, 0.15) is 40.5 Å². The number of nitrogens with zero attached hydrogens (tertiary/aromatic N) is 2. The van der Waals surface area contributed by atoms with Crippen LogP contribution in [0.4, 0.5) is 0 Å². The fourth-order valence-electron chi connectivity index (χ4n) is 1.95. The summed E-state index contributed by atoms with van der Waals surface area (Å²) in [7, 11) is 4.14. The third-order valence-electron chi connectivity index (χ3n) is 3.12. The van der Waals surface area contributed by atoms with Crippen LogP contribution in [0, 0.1) is 0 Å². The average Bonchev–Trinajstić information content (AvgIpc) is 2.27. The van der Waals surface area contributed by atoms with Crippen LogP contribution in [-0.2, 0) is 0 Å². The normalized spacial score (nSPS) is 12.9. The number of aliphatic imine (C=N–C) groups is 1. The number of rotatable bonds is 7. The molecule has 0 bridgehead atoms. The zero-order chi connectivity index (χ0) is 12.6. The van der Waals surface area contributed by atoms with Gasteiger partial charge in [0.25, 0.3) is 0 Å². The quantitative estimate of drug-likeness (QED) is 0.513. The van der Waals surface area contributed by atoms with Crippen LogP contribution in [0.3, 0.4) is 0 Å². The molecule has 0 aromatic rings. The van der Waals surface area contributed by atoms with Gasteiger partial charge < -0.3 is 0 Å². The minimum absolute atomic E-state index is 1.12. The fourth-order valence-corrected chi connectivity index (χ4v) is 8.35. The number of hydrogen-bond donors (Lipinski definition) is 0. The van der Waals surface area contributed by atoms with Crippen LogP contribution >= 0.6 is 0 Å². The van der Waals surface area contributed by atoms with Gasteiger partial charge in [-0.2, -0.15) is 0 Å². The van der Waals surface area contributed by atoms with Crippen LogP contribution in [0.5, 0.6) is 0 Å². The van der Waals surface area contributed by atoms with Crippen molar-refractivity contribution in [3.63, 3.8) is 0 Å². The fraction of sp³-hybridized carbons (Fsp3) is 0.769. The van der Waals surface area contributed by atoms with Crippen LogP contribution in [0.25, 0.3) is 0 Å². The van der Waals surface area contributed by atoms with E-state index in [2.05, 4.69) is 49.4 Å². The first-order chi connectivity index (χ1) is 7.56. The van der Waals surface area contributed by atoms with E-state index in [0.29, 0.717) is 0 Å². The standard InChI is InChI=1S/C7H13N2.2C3H7.Ga/c1-6(8-3)5-7(2)9-4;2*1-3-2;/h5H,1-4H3;2*1,3H2,2H3;/q-1;;;+1/b6-5-,9-7?;;;. The molecule has 0 aromatic heterocycles. The van der Waals surface area contributed by atoms with Crippen LogP contribution < -0.4 is 0 Å². The molecule has 2 nitrogen and oxygen atoms in total. The monoisotopic (exact) mass is 280 g/mol. The summed E-state index contributed by atoms with van der Waals surface area (Å²) < 4.78 is 2.59. The number of allylic oxidation sites excluding steroid dienone is 2. The Morgan fingerprint density at radius 2 is 1.69 bits per heavy atom. The predicted octanol–water partition coefficient (Wildman–Crippen LogP) is 3.72. The van der Waals surface area contributed by atoms with E-state index in [1.165, 1.54) is 28.5 Å². The Morgan fingerprint density at radius 1 is 1.19 bits per heavy atom. The zero-order valence-corrected chi connectivity index (χ0v) is 14.3. The Bertz CT molecular complexity index is 240. The van der Waals surface area contributed by atoms with Gasteiger partial charge in [-0.25, -0.2) is 0 Å². The summed E-state index contributed by atoms with van der Waals surface area (Å²) in [5, 5.41) is 0. The summed E-state index contributed by atoms with van der Waals surface area (Å²) in [6.45, 7) is 8.90. The molecule has 0 fully saturated rings. The Hall–Kier alpha value is -0.154. The maximum absolute atomic E-state index is 4.20. The third kappa shape index (κ3) is 5.80. The second kappa shape index (κ2) is 8.94. The molecule has 0 saturated carbocycles. The van der Waals surface area contributed by atoms with Gasteiger partial charge in [-0.3, -0.25) is 0 Å². The Labute approximate surface area is 107 Å². The van der Waals surface area contributed by atoms with Gasteiger partial charge in [0.2, 0.25) is 0 Å². The first-order valence-corrected chi connectivity index (χ1v) is 10.9. The van der Waals surface area contributed by atoms with Crippen molar-refractivity contribution in [3.05, 3.63) is 11.8 Å². The third-order valence-corrected chi connectivity index (χ3v) is 11.5. The van der Waals surface area contributed by atoms with Crippen molar-refractivity contribution in [2.24, 2.45) is 4.99 Å². The van der Waals surface area contributed by atoms with Crippen molar-refractivity contribution < 1.29 is 0 Å². The van der Waals surface area contributed by atoms with Gasteiger partial charge in [0.15, 0.2) is 0 Å². The van der Waals surface area contributed by atoms with Crippen molar-refractivity contribution in [1.82, 2.24) is 3.61 Å². The second-order valence-corrected chi connectivity index (χ2v) is 11.3. The molecular formula is C13H27GaN2. The first-order valence-electron chi connectivity index (χ1n) is 6.41. The molecule has 16 heavy (non-hydrogen) atoms. The molecule has 0 saturated heterocycles. The summed E-state index contributed by atoms with van der Waals surface area (Å²) in [6.07, 6.45) is 4.88. The molecule has 3 heteroatoms. The summed E-state index contributed by atoms with van der Waals surface area (Å²) in [6, 6.07) is 0. The molecule has 0 N–H and O–H groups in total. The van der Waals surface area contributed by atoms with Gasteiger partial charge in [-0.1, -0.05) is 0 Å². The predicted molar refractivity (Wildman–Crippen MR) is 76.5 cm³/mol. The van der Waals surface area contributed by atoms with E-state index in [-0.39, 0.29) is 0 Å². The van der Waals surface area contributed by atoms with E-state index in [9.17, 15) is 0 Å². The second-order valence-electron chi connectivity index (χ2n) is 4.49. The van der Waals surface area contributed by atoms with E-state index in [1.54, 1.807) is 0 Å². The Kier molecular flexibility index (Phi) is 8.85. The molecule has 92 valence electrons. The van der Waals surface area contributed by atoms with Crippen molar-refractivity contribution in [1.29, 1.82) is 0 Å². The van der Waals surface area contributed by atoms with E-state index in [0.717, 1.165) is 5.71 Å². The zero-order valence-electron chi connectivity index (χ0n) is 11.9. The summed E-state index contributed by atoms with van der Waals surface area (Å²) >= 11 is -1.24. The molecule has 0 aromatic carbocycles. The van der Waals surface area contributed by atoms with Gasteiger partial charge in [-0.15, -0.1) is 0 Å². The van der Waals surface area contributed by atoms with Crippen LogP contribution in [0.15, 0.2) is 16.8 Å². The van der Waals surface area contributed by atoms with Crippen molar-refractivity contribution in [2.45, 2.75) is 50.5 Å². The molecule has 0 heterocycles. The Balaban J connectivity index is 4.58. The molecule has 0 atom stereocenters. The summed E-state index contributed by atoms with van der Waals surface area (Å²) in [5.74, 6) is 0. The van der Waals surface area contributed by atoms with E-state index < -0.39 is 16.5 Å². The molecule has 0 rings (SSSR count). The summed E-state index contributed by atoms with van der Waals surface area (Å²) in [5.41, 5.74) is 2.52. The first kappa shape index (κ1) is 15.8. The van der Waals surface area contributed by atoms with Crippen molar-refractivity contribution >= 4 is 22.2 Å². The van der Waals surface area contributed by atoms with Gasteiger partial charge in [-0.05, 0) is 0 Å². The molecular weight excluding hydrogens is 254 g/mol. The van der Waals surface area contributed by atoms with Crippen molar-refractivity contribution in [2.75, 3.05) is 14.1 Å². The molecule has 0 aliphatic heterocycles. The minimum atomic E-state index is -1.24. The molecule has 0 amide bonds. The van der Waals surface area contributed by atoms with E-state index in [4.69, 9.17) is 0 Å². The van der Waals surface area contributed by atoms with Gasteiger partial charge in [0.05, 0.1) is 0 Å². The molecule has 0 radical (unpaired) electrons. The topological polar surface area (TPSA) is 15.6 Å². The van der Waals surface area contributed by atoms with Crippen LogP contribution in [0.2, 0.25) is 9.95 Å². The van der Waals surface area contributed by atoms with Gasteiger partial charge >= 0.3 is 107 Å². The van der Waals surface area contributed by atoms with Gasteiger partial charge in [0, 0.05) is 0 Å². The molecule has 0 spiro atoms. The molecule has 0 aliphatic rings. The molecule has 0 aliphatic carbocycles. The van der Waals surface area contributed by atoms with Crippen molar-refractivity contribution in [3.8, 4) is 0 Å². The van der Waals surface area contributed by atoms with Gasteiger partial charge in [0.1, 0.15) is 0 Å². The van der Waals surface area contributed by atoms with Crippen LogP contribution in [-0.4, -0.2) is 39.9 Å². The van der Waals surface area contributed by atoms with E-state index in [1.807, 2.05) is 7.05 Å². The van der Waals surface area contributed by atoms with E-state index >= 15 is 0 Å². The SMILES string of the molecule is CC[CH2][Ga]([CH2]CC)[N](C)/C(C)=C\C(C)=NC. The maximum atomic E-state index is 4.20. The Morgan fingerprint density at radius 3 is 2.06 bits per heavy atom. The average molecular weight is 281 g/mol. The number of hydrogen-bond acceptors (Lipinski definition) is 2. The summed E-state index contributed by atoms with van der Waals surface area (Å²) in [4.78, 5) is 7.12.